The molecule has 0 saturated carbocycles. The summed E-state index contributed by atoms with van der Waals surface area (Å²) in [6.07, 6.45) is 2.53. The van der Waals surface area contributed by atoms with Crippen LogP contribution in [0, 0.1) is 0 Å². The van der Waals surface area contributed by atoms with Gasteiger partial charge in [0.1, 0.15) is 0 Å². The van der Waals surface area contributed by atoms with Gasteiger partial charge in [0.25, 0.3) is 0 Å². The lowest BCUT2D eigenvalue weighted by Gasteiger charge is -1.99. The second kappa shape index (κ2) is 4.42. The first-order valence-electron chi connectivity index (χ1n) is 5.57. The zero-order valence-corrected chi connectivity index (χ0v) is 11.1. The number of rotatable bonds is 2. The first-order valence-corrected chi connectivity index (χ1v) is 6.36. The molecule has 18 heavy (non-hydrogen) atoms. The number of nitrogens with zero attached hydrogens (tertiary/aromatic N) is 3. The van der Waals surface area contributed by atoms with E-state index in [1.807, 2.05) is 36.5 Å². The van der Waals surface area contributed by atoms with Crippen LogP contribution < -0.4 is 5.73 Å². The number of hydrogen-bond acceptors (Lipinski definition) is 3. The van der Waals surface area contributed by atoms with E-state index in [2.05, 4.69) is 32.1 Å². The first kappa shape index (κ1) is 11.2. The molecule has 0 amide bonds. The molecule has 5 heteroatoms. The van der Waals surface area contributed by atoms with Crippen LogP contribution in [0.2, 0.25) is 0 Å². The standard InChI is InChI=1S/C13H11BrN4/c14-10-5-2-1-4-9(10)8-12-16-13-11(15)6-3-7-18(13)17-12/h1-7H,8,15H2. The molecule has 0 atom stereocenters. The van der Waals surface area contributed by atoms with Crippen LogP contribution in [0.1, 0.15) is 11.4 Å². The third-order valence-corrected chi connectivity index (χ3v) is 3.52. The Kier molecular flexibility index (Phi) is 2.76. The molecule has 2 aromatic heterocycles. The highest BCUT2D eigenvalue weighted by Crippen LogP contribution is 2.19. The van der Waals surface area contributed by atoms with Crippen molar-refractivity contribution in [1.29, 1.82) is 0 Å². The van der Waals surface area contributed by atoms with E-state index in [-0.39, 0.29) is 0 Å². The van der Waals surface area contributed by atoms with Crippen LogP contribution in [0.4, 0.5) is 5.69 Å². The smallest absolute Gasteiger partial charge is 0.178 e. The highest BCUT2D eigenvalue weighted by atomic mass is 79.9. The molecule has 3 rings (SSSR count). The van der Waals surface area contributed by atoms with E-state index >= 15 is 0 Å². The van der Waals surface area contributed by atoms with Crippen molar-refractivity contribution in [3.05, 3.63) is 58.5 Å². The molecule has 0 aliphatic heterocycles. The van der Waals surface area contributed by atoms with Gasteiger partial charge in [0.15, 0.2) is 11.5 Å². The van der Waals surface area contributed by atoms with Gasteiger partial charge in [0.2, 0.25) is 0 Å². The molecule has 0 spiro atoms. The molecule has 2 N–H and O–H groups in total. The predicted octanol–water partition coefficient (Wildman–Crippen LogP) is 2.66. The van der Waals surface area contributed by atoms with Gasteiger partial charge in [0.05, 0.1) is 5.69 Å². The van der Waals surface area contributed by atoms with Crippen LogP contribution in [0.25, 0.3) is 5.65 Å². The van der Waals surface area contributed by atoms with Gasteiger partial charge in [-0.25, -0.2) is 9.50 Å². The number of fused-ring (bicyclic) bond motifs is 1. The summed E-state index contributed by atoms with van der Waals surface area (Å²) in [7, 11) is 0. The third-order valence-electron chi connectivity index (χ3n) is 2.74. The molecule has 4 nitrogen and oxygen atoms in total. The van der Waals surface area contributed by atoms with E-state index < -0.39 is 0 Å². The fourth-order valence-corrected chi connectivity index (χ4v) is 2.28. The minimum absolute atomic E-state index is 0.642. The Morgan fingerprint density at radius 1 is 1.17 bits per heavy atom. The Morgan fingerprint density at radius 3 is 2.78 bits per heavy atom. The number of halogens is 1. The molecule has 0 bridgehead atoms. The molecule has 1 aromatic carbocycles. The molecule has 0 saturated heterocycles. The molecule has 0 unspecified atom stereocenters. The Morgan fingerprint density at radius 2 is 2.00 bits per heavy atom. The van der Waals surface area contributed by atoms with Crippen molar-refractivity contribution in [2.24, 2.45) is 0 Å². The summed E-state index contributed by atoms with van der Waals surface area (Å²) in [6.45, 7) is 0. The largest absolute Gasteiger partial charge is 0.396 e. The minimum Gasteiger partial charge on any atom is -0.396 e. The van der Waals surface area contributed by atoms with Gasteiger partial charge in [0, 0.05) is 17.1 Å². The van der Waals surface area contributed by atoms with Crippen molar-refractivity contribution in [3.8, 4) is 0 Å². The fourth-order valence-electron chi connectivity index (χ4n) is 1.86. The summed E-state index contributed by atoms with van der Waals surface area (Å²) in [4.78, 5) is 4.45. The molecule has 0 aliphatic rings. The second-order valence-electron chi connectivity index (χ2n) is 4.03. The maximum Gasteiger partial charge on any atom is 0.178 e. The quantitative estimate of drug-likeness (QED) is 0.792. The average molecular weight is 303 g/mol. The zero-order valence-electron chi connectivity index (χ0n) is 9.55. The van der Waals surface area contributed by atoms with Gasteiger partial charge >= 0.3 is 0 Å². The fraction of sp³-hybridized carbons (Fsp3) is 0.0769. The Bertz CT molecular complexity index is 705. The summed E-state index contributed by atoms with van der Waals surface area (Å²) in [6, 6.07) is 11.7. The van der Waals surface area contributed by atoms with Crippen molar-refractivity contribution in [3.63, 3.8) is 0 Å². The minimum atomic E-state index is 0.642. The number of nitrogen functional groups attached to an aromatic ring is 1. The average Bonchev–Trinajstić information content (AvgIpc) is 2.76. The van der Waals surface area contributed by atoms with Crippen LogP contribution in [0.3, 0.4) is 0 Å². The molecule has 0 fully saturated rings. The number of nitrogens with two attached hydrogens (primary N) is 1. The van der Waals surface area contributed by atoms with Gasteiger partial charge < -0.3 is 5.73 Å². The Hall–Kier alpha value is -1.88. The Balaban J connectivity index is 2.01. The van der Waals surface area contributed by atoms with E-state index in [9.17, 15) is 0 Å². The molecule has 90 valence electrons. The number of anilines is 1. The van der Waals surface area contributed by atoms with E-state index in [1.165, 1.54) is 0 Å². The first-order chi connectivity index (χ1) is 8.74. The third kappa shape index (κ3) is 1.97. The summed E-state index contributed by atoms with van der Waals surface area (Å²) < 4.78 is 2.78. The number of hydrogen-bond donors (Lipinski definition) is 1. The van der Waals surface area contributed by atoms with Gasteiger partial charge in [-0.3, -0.25) is 0 Å². The second-order valence-corrected chi connectivity index (χ2v) is 4.88. The lowest BCUT2D eigenvalue weighted by molar-refractivity contribution is 0.899. The lowest BCUT2D eigenvalue weighted by Crippen LogP contribution is -1.93. The highest BCUT2D eigenvalue weighted by molar-refractivity contribution is 9.10. The Labute approximate surface area is 113 Å². The van der Waals surface area contributed by atoms with E-state index in [1.54, 1.807) is 4.52 Å². The maximum absolute atomic E-state index is 5.86. The summed E-state index contributed by atoms with van der Waals surface area (Å²) >= 11 is 3.53. The molecule has 0 radical (unpaired) electrons. The molecule has 2 heterocycles. The predicted molar refractivity (Wildman–Crippen MR) is 74.3 cm³/mol. The van der Waals surface area contributed by atoms with Gasteiger partial charge in [-0.05, 0) is 23.8 Å². The SMILES string of the molecule is Nc1cccn2nc(Cc3ccccc3Br)nc12. The number of benzene rings is 1. The lowest BCUT2D eigenvalue weighted by atomic mass is 10.1. The van der Waals surface area contributed by atoms with Crippen molar-refractivity contribution >= 4 is 27.3 Å². The summed E-state index contributed by atoms with van der Waals surface area (Å²) in [5, 5.41) is 4.41. The molecular formula is C13H11BrN4. The van der Waals surface area contributed by atoms with Crippen molar-refractivity contribution in [2.45, 2.75) is 6.42 Å². The summed E-state index contributed by atoms with van der Waals surface area (Å²) in [5.41, 5.74) is 8.37. The van der Waals surface area contributed by atoms with E-state index in [4.69, 9.17) is 5.73 Å². The van der Waals surface area contributed by atoms with E-state index in [0.717, 1.165) is 15.9 Å². The zero-order chi connectivity index (χ0) is 12.5. The normalized spacial score (nSPS) is 10.9. The van der Waals surface area contributed by atoms with Crippen LogP contribution >= 0.6 is 15.9 Å². The molecular weight excluding hydrogens is 292 g/mol. The monoisotopic (exact) mass is 302 g/mol. The van der Waals surface area contributed by atoms with Gasteiger partial charge in [-0.1, -0.05) is 34.1 Å². The summed E-state index contributed by atoms with van der Waals surface area (Å²) in [5.74, 6) is 0.764. The van der Waals surface area contributed by atoms with Crippen LogP contribution in [-0.4, -0.2) is 14.6 Å². The maximum atomic E-state index is 5.86. The molecule has 3 aromatic rings. The molecule has 0 aliphatic carbocycles. The number of pyridine rings is 1. The van der Waals surface area contributed by atoms with Crippen LogP contribution in [-0.2, 0) is 6.42 Å². The van der Waals surface area contributed by atoms with Crippen molar-refractivity contribution < 1.29 is 0 Å². The number of aromatic nitrogens is 3. The van der Waals surface area contributed by atoms with Crippen LogP contribution in [0.5, 0.6) is 0 Å². The highest BCUT2D eigenvalue weighted by Gasteiger charge is 2.08. The van der Waals surface area contributed by atoms with Crippen molar-refractivity contribution in [2.75, 3.05) is 5.73 Å². The van der Waals surface area contributed by atoms with Crippen molar-refractivity contribution in [1.82, 2.24) is 14.6 Å². The van der Waals surface area contributed by atoms with E-state index in [0.29, 0.717) is 17.8 Å². The van der Waals surface area contributed by atoms with Gasteiger partial charge in [-0.2, -0.15) is 5.10 Å². The van der Waals surface area contributed by atoms with Crippen LogP contribution in [0.15, 0.2) is 47.1 Å². The van der Waals surface area contributed by atoms with Gasteiger partial charge in [-0.15, -0.1) is 0 Å². The topological polar surface area (TPSA) is 56.2 Å².